The highest BCUT2D eigenvalue weighted by atomic mass is 16.5. The van der Waals surface area contributed by atoms with E-state index in [-0.39, 0.29) is 6.61 Å². The number of nitrogens with zero attached hydrogens (tertiary/aromatic N) is 1. The monoisotopic (exact) mass is 245 g/mol. The quantitative estimate of drug-likeness (QED) is 0.546. The second-order valence-corrected chi connectivity index (χ2v) is 4.65. The Labute approximate surface area is 103 Å². The zero-order chi connectivity index (χ0) is 12.9. The molecule has 0 radical (unpaired) electrons. The van der Waals surface area contributed by atoms with Crippen LogP contribution in [0.2, 0.25) is 0 Å². The Kier molecular flexibility index (Phi) is 2.08. The second-order valence-electron chi connectivity index (χ2n) is 4.65. The van der Waals surface area contributed by atoms with Crippen LogP contribution in [0.5, 0.6) is 0 Å². The van der Waals surface area contributed by atoms with Gasteiger partial charge in [-0.05, 0) is 19.1 Å². The summed E-state index contributed by atoms with van der Waals surface area (Å²) < 4.78 is 4.89. The lowest BCUT2D eigenvalue weighted by Crippen LogP contribution is -2.52. The zero-order valence-corrected chi connectivity index (χ0v) is 9.80. The number of carbonyl (C=O) groups excluding carboxylic acids is 3. The summed E-state index contributed by atoms with van der Waals surface area (Å²) in [6, 6.07) is 6.59. The van der Waals surface area contributed by atoms with Gasteiger partial charge in [0.25, 0.3) is 11.8 Å². The van der Waals surface area contributed by atoms with Crippen LogP contribution >= 0.6 is 0 Å². The van der Waals surface area contributed by atoms with Crippen LogP contribution < -0.4 is 0 Å². The average Bonchev–Trinajstić information content (AvgIpc) is 2.82. The molecule has 92 valence electrons. The van der Waals surface area contributed by atoms with Gasteiger partial charge in [0, 0.05) is 6.42 Å². The van der Waals surface area contributed by atoms with E-state index in [1.807, 2.05) is 0 Å². The number of esters is 1. The summed E-state index contributed by atoms with van der Waals surface area (Å²) in [5, 5.41) is 0. The molecule has 5 nitrogen and oxygen atoms in total. The molecule has 2 amide bonds. The Morgan fingerprint density at radius 1 is 1.11 bits per heavy atom. The lowest BCUT2D eigenvalue weighted by Gasteiger charge is -2.29. The number of benzene rings is 1. The van der Waals surface area contributed by atoms with Gasteiger partial charge in [0.15, 0.2) is 0 Å². The summed E-state index contributed by atoms with van der Waals surface area (Å²) in [5.41, 5.74) is -0.473. The van der Waals surface area contributed by atoms with E-state index < -0.39 is 23.3 Å². The molecule has 18 heavy (non-hydrogen) atoms. The number of imide groups is 1. The number of amides is 2. The highest BCUT2D eigenvalue weighted by Crippen LogP contribution is 2.34. The molecule has 3 rings (SSSR count). The van der Waals surface area contributed by atoms with Gasteiger partial charge in [0.05, 0.1) is 17.7 Å². The third-order valence-electron chi connectivity index (χ3n) is 3.55. The minimum Gasteiger partial charge on any atom is -0.464 e. The molecule has 2 aliphatic rings. The molecule has 1 fully saturated rings. The fourth-order valence-corrected chi connectivity index (χ4v) is 2.44. The van der Waals surface area contributed by atoms with E-state index in [1.54, 1.807) is 31.2 Å². The molecule has 1 aromatic rings. The maximum absolute atomic E-state index is 12.2. The van der Waals surface area contributed by atoms with Crippen LogP contribution in [0.1, 0.15) is 34.1 Å². The topological polar surface area (TPSA) is 63.7 Å². The lowest BCUT2D eigenvalue weighted by molar-refractivity contribution is -0.145. The Morgan fingerprint density at radius 2 is 1.67 bits per heavy atom. The van der Waals surface area contributed by atoms with Crippen LogP contribution in [0.3, 0.4) is 0 Å². The maximum Gasteiger partial charge on any atom is 0.332 e. The Balaban J connectivity index is 2.10. The Hall–Kier alpha value is -2.17. The van der Waals surface area contributed by atoms with Crippen molar-refractivity contribution in [2.24, 2.45) is 0 Å². The van der Waals surface area contributed by atoms with E-state index in [0.717, 1.165) is 4.90 Å². The van der Waals surface area contributed by atoms with Gasteiger partial charge >= 0.3 is 5.97 Å². The molecule has 0 spiro atoms. The fraction of sp³-hybridized carbons (Fsp3) is 0.308. The number of carbonyl (C=O) groups is 3. The summed E-state index contributed by atoms with van der Waals surface area (Å²) in [6.45, 7) is 1.81. The molecule has 5 heteroatoms. The number of rotatable bonds is 1. The molecular formula is C13H11NO4. The maximum atomic E-state index is 12.2. The third-order valence-corrected chi connectivity index (χ3v) is 3.55. The van der Waals surface area contributed by atoms with E-state index in [1.165, 1.54) is 0 Å². The van der Waals surface area contributed by atoms with E-state index in [9.17, 15) is 14.4 Å². The molecule has 2 heterocycles. The van der Waals surface area contributed by atoms with Crippen LogP contribution in [-0.2, 0) is 9.53 Å². The molecule has 0 bridgehead atoms. The summed E-state index contributed by atoms with van der Waals surface area (Å²) in [6.07, 6.45) is 0.345. The van der Waals surface area contributed by atoms with E-state index in [0.29, 0.717) is 17.5 Å². The van der Waals surface area contributed by atoms with Gasteiger partial charge in [0.1, 0.15) is 5.54 Å². The van der Waals surface area contributed by atoms with Gasteiger partial charge in [-0.2, -0.15) is 0 Å². The molecule has 0 aromatic heterocycles. The van der Waals surface area contributed by atoms with Gasteiger partial charge in [0.2, 0.25) is 0 Å². The van der Waals surface area contributed by atoms with Crippen molar-refractivity contribution < 1.29 is 19.1 Å². The van der Waals surface area contributed by atoms with Crippen molar-refractivity contribution in [3.05, 3.63) is 35.4 Å². The standard InChI is InChI=1S/C13H11NO4/c1-13(6-7-18-12(13)17)14-10(15)8-4-2-3-5-9(8)11(14)16/h2-5H,6-7H2,1H3. The minimum absolute atomic E-state index is 0.239. The Bertz CT molecular complexity index is 545. The molecule has 0 N–H and O–H groups in total. The van der Waals surface area contributed by atoms with Crippen molar-refractivity contribution in [1.29, 1.82) is 0 Å². The summed E-state index contributed by atoms with van der Waals surface area (Å²) in [4.78, 5) is 37.3. The largest absolute Gasteiger partial charge is 0.464 e. The van der Waals surface area contributed by atoms with Crippen LogP contribution in [-0.4, -0.2) is 34.8 Å². The SMILES string of the molecule is CC1(N2C(=O)c3ccccc3C2=O)CCOC1=O. The molecule has 1 atom stereocenters. The first-order valence-electron chi connectivity index (χ1n) is 5.71. The third kappa shape index (κ3) is 1.19. The van der Waals surface area contributed by atoms with E-state index >= 15 is 0 Å². The van der Waals surface area contributed by atoms with Crippen LogP contribution in [0, 0.1) is 0 Å². The first-order chi connectivity index (χ1) is 8.55. The Morgan fingerprint density at radius 3 is 2.11 bits per heavy atom. The van der Waals surface area contributed by atoms with Crippen molar-refractivity contribution >= 4 is 17.8 Å². The summed E-state index contributed by atoms with van der Waals surface area (Å²) in [7, 11) is 0. The number of hydrogen-bond donors (Lipinski definition) is 0. The summed E-state index contributed by atoms with van der Waals surface area (Å²) >= 11 is 0. The fourth-order valence-electron chi connectivity index (χ4n) is 2.44. The first-order valence-corrected chi connectivity index (χ1v) is 5.71. The minimum atomic E-state index is -1.17. The van der Waals surface area contributed by atoms with Crippen molar-refractivity contribution in [1.82, 2.24) is 4.90 Å². The van der Waals surface area contributed by atoms with Gasteiger partial charge in [-0.15, -0.1) is 0 Å². The van der Waals surface area contributed by atoms with Crippen molar-refractivity contribution in [2.45, 2.75) is 18.9 Å². The number of cyclic esters (lactones) is 1. The highest BCUT2D eigenvalue weighted by molar-refractivity contribution is 6.23. The predicted octanol–water partition coefficient (Wildman–Crippen LogP) is 0.988. The van der Waals surface area contributed by atoms with Crippen LogP contribution in [0.15, 0.2) is 24.3 Å². The second kappa shape index (κ2) is 3.41. The molecule has 1 saturated heterocycles. The van der Waals surface area contributed by atoms with Crippen LogP contribution in [0.4, 0.5) is 0 Å². The molecular weight excluding hydrogens is 234 g/mol. The molecule has 1 unspecified atom stereocenters. The predicted molar refractivity (Wildman–Crippen MR) is 60.9 cm³/mol. The van der Waals surface area contributed by atoms with E-state index in [4.69, 9.17) is 4.74 Å². The number of hydrogen-bond acceptors (Lipinski definition) is 4. The van der Waals surface area contributed by atoms with Crippen molar-refractivity contribution in [3.63, 3.8) is 0 Å². The number of ether oxygens (including phenoxy) is 1. The normalized spacial score (nSPS) is 26.5. The van der Waals surface area contributed by atoms with Crippen molar-refractivity contribution in [3.8, 4) is 0 Å². The van der Waals surface area contributed by atoms with Gasteiger partial charge in [-0.3, -0.25) is 14.5 Å². The summed E-state index contributed by atoms with van der Waals surface area (Å²) in [5.74, 6) is -1.36. The zero-order valence-electron chi connectivity index (χ0n) is 9.80. The highest BCUT2D eigenvalue weighted by Gasteiger charge is 2.53. The van der Waals surface area contributed by atoms with Gasteiger partial charge < -0.3 is 4.74 Å². The average molecular weight is 245 g/mol. The van der Waals surface area contributed by atoms with Gasteiger partial charge in [-0.1, -0.05) is 12.1 Å². The first kappa shape index (κ1) is 11.0. The smallest absolute Gasteiger partial charge is 0.332 e. The lowest BCUT2D eigenvalue weighted by atomic mass is 9.98. The van der Waals surface area contributed by atoms with Crippen molar-refractivity contribution in [2.75, 3.05) is 6.61 Å². The molecule has 1 aromatic carbocycles. The number of fused-ring (bicyclic) bond motifs is 1. The molecule has 0 aliphatic carbocycles. The molecule has 2 aliphatic heterocycles. The van der Waals surface area contributed by atoms with E-state index in [2.05, 4.69) is 0 Å². The van der Waals surface area contributed by atoms with Gasteiger partial charge in [-0.25, -0.2) is 4.79 Å². The molecule has 0 saturated carbocycles. The van der Waals surface area contributed by atoms with Crippen LogP contribution in [0.25, 0.3) is 0 Å².